The topological polar surface area (TPSA) is 66.4 Å². The summed E-state index contributed by atoms with van der Waals surface area (Å²) < 4.78 is 26.6. The van der Waals surface area contributed by atoms with E-state index in [9.17, 15) is 8.42 Å². The number of sulfonamides is 1. The Morgan fingerprint density at radius 1 is 1.37 bits per heavy atom. The number of rotatable bonds is 5. The van der Waals surface area contributed by atoms with E-state index in [0.717, 1.165) is 6.42 Å². The molecule has 1 aromatic carbocycles. The highest BCUT2D eigenvalue weighted by Crippen LogP contribution is 2.11. The van der Waals surface area contributed by atoms with E-state index in [4.69, 9.17) is 5.11 Å². The van der Waals surface area contributed by atoms with Gasteiger partial charge >= 0.3 is 0 Å². The van der Waals surface area contributed by atoms with Crippen LogP contribution in [-0.2, 0) is 10.0 Å². The number of hydrogen-bond donors (Lipinski definition) is 2. The minimum absolute atomic E-state index is 0.195. The number of nitrogens with one attached hydrogen (secondary N) is 1. The van der Waals surface area contributed by atoms with E-state index in [0.29, 0.717) is 18.0 Å². The first-order chi connectivity index (χ1) is 8.95. The van der Waals surface area contributed by atoms with E-state index in [1.807, 2.05) is 13.8 Å². The number of hydrogen-bond acceptors (Lipinski definition) is 3. The van der Waals surface area contributed by atoms with Gasteiger partial charge < -0.3 is 5.11 Å². The third kappa shape index (κ3) is 5.43. The van der Waals surface area contributed by atoms with Crippen molar-refractivity contribution in [2.45, 2.75) is 25.2 Å². The van der Waals surface area contributed by atoms with Crippen LogP contribution in [0.1, 0.15) is 25.8 Å². The van der Waals surface area contributed by atoms with Gasteiger partial charge in [0.2, 0.25) is 10.0 Å². The largest absolute Gasteiger partial charge is 0.384 e. The van der Waals surface area contributed by atoms with Crippen LogP contribution in [0.2, 0.25) is 0 Å². The van der Waals surface area contributed by atoms with Crippen molar-refractivity contribution in [3.63, 3.8) is 0 Å². The summed E-state index contributed by atoms with van der Waals surface area (Å²) in [7, 11) is -3.48. The standard InChI is InChI=1S/C14H19NO3S/c1-12(2)8-9-15-19(17,18)14-7-3-5-13(11-14)6-4-10-16/h3,5,7,11-12,15-16H,8-10H2,1-2H3. The summed E-state index contributed by atoms with van der Waals surface area (Å²) in [4.78, 5) is 0.195. The predicted octanol–water partition coefficient (Wildman–Crippen LogP) is 1.35. The number of aliphatic hydroxyl groups excluding tert-OH is 1. The Balaban J connectivity index is 2.83. The SMILES string of the molecule is CC(C)CCNS(=O)(=O)c1cccc(C#CCO)c1. The highest BCUT2D eigenvalue weighted by atomic mass is 32.2. The fourth-order valence-corrected chi connectivity index (χ4v) is 2.54. The molecule has 0 heterocycles. The summed E-state index contributed by atoms with van der Waals surface area (Å²) in [6.07, 6.45) is 0.795. The van der Waals surface area contributed by atoms with Gasteiger partial charge in [0.15, 0.2) is 0 Å². The third-order valence-corrected chi connectivity index (χ3v) is 3.93. The third-order valence-electron chi connectivity index (χ3n) is 2.47. The summed E-state index contributed by atoms with van der Waals surface area (Å²) in [5, 5.41) is 8.62. The van der Waals surface area contributed by atoms with Gasteiger partial charge in [0, 0.05) is 12.1 Å². The highest BCUT2D eigenvalue weighted by Gasteiger charge is 2.13. The Morgan fingerprint density at radius 3 is 2.74 bits per heavy atom. The Hall–Kier alpha value is -1.35. The van der Waals surface area contributed by atoms with Crippen LogP contribution >= 0.6 is 0 Å². The number of benzene rings is 1. The second-order valence-electron chi connectivity index (χ2n) is 4.57. The van der Waals surface area contributed by atoms with Gasteiger partial charge in [0.05, 0.1) is 4.90 Å². The van der Waals surface area contributed by atoms with Crippen LogP contribution in [0.3, 0.4) is 0 Å². The van der Waals surface area contributed by atoms with E-state index < -0.39 is 10.0 Å². The molecular formula is C14H19NO3S. The molecule has 0 unspecified atom stereocenters. The van der Waals surface area contributed by atoms with Crippen molar-refractivity contribution in [1.82, 2.24) is 4.72 Å². The molecule has 0 fully saturated rings. The van der Waals surface area contributed by atoms with E-state index in [2.05, 4.69) is 16.6 Å². The Kier molecular flexibility index (Phi) is 6.03. The molecule has 2 N–H and O–H groups in total. The molecule has 4 nitrogen and oxygen atoms in total. The lowest BCUT2D eigenvalue weighted by Gasteiger charge is -2.08. The summed E-state index contributed by atoms with van der Waals surface area (Å²) in [5.41, 5.74) is 0.570. The zero-order valence-corrected chi connectivity index (χ0v) is 12.0. The molecule has 0 atom stereocenters. The van der Waals surface area contributed by atoms with Gasteiger partial charge in [0.1, 0.15) is 6.61 Å². The molecule has 0 spiro atoms. The maximum Gasteiger partial charge on any atom is 0.240 e. The molecule has 104 valence electrons. The van der Waals surface area contributed by atoms with Gasteiger partial charge in [-0.25, -0.2) is 13.1 Å². The average Bonchev–Trinajstić information content (AvgIpc) is 2.36. The fraction of sp³-hybridized carbons (Fsp3) is 0.429. The van der Waals surface area contributed by atoms with Crippen LogP contribution < -0.4 is 4.72 Å². The maximum absolute atomic E-state index is 12.0. The molecule has 1 rings (SSSR count). The molecule has 0 saturated heterocycles. The van der Waals surface area contributed by atoms with Crippen LogP contribution in [0.5, 0.6) is 0 Å². The van der Waals surface area contributed by atoms with Crippen LogP contribution in [0.25, 0.3) is 0 Å². The summed E-state index contributed by atoms with van der Waals surface area (Å²) in [6, 6.07) is 6.37. The Labute approximate surface area is 114 Å². The van der Waals surface area contributed by atoms with Gasteiger partial charge in [-0.05, 0) is 30.5 Å². The smallest absolute Gasteiger partial charge is 0.240 e. The monoisotopic (exact) mass is 281 g/mol. The van der Waals surface area contributed by atoms with E-state index in [1.165, 1.54) is 12.1 Å². The summed E-state index contributed by atoms with van der Waals surface area (Å²) >= 11 is 0. The molecule has 0 aliphatic carbocycles. The second-order valence-corrected chi connectivity index (χ2v) is 6.33. The van der Waals surface area contributed by atoms with Crippen molar-refractivity contribution in [3.8, 4) is 11.8 Å². The van der Waals surface area contributed by atoms with Crippen molar-refractivity contribution in [2.24, 2.45) is 5.92 Å². The summed E-state index contributed by atoms with van der Waals surface area (Å²) in [5.74, 6) is 5.63. The van der Waals surface area contributed by atoms with E-state index >= 15 is 0 Å². The normalized spacial score (nSPS) is 11.2. The average molecular weight is 281 g/mol. The van der Waals surface area contributed by atoms with Crippen molar-refractivity contribution in [1.29, 1.82) is 0 Å². The van der Waals surface area contributed by atoms with Crippen molar-refractivity contribution < 1.29 is 13.5 Å². The van der Waals surface area contributed by atoms with Gasteiger partial charge in [-0.1, -0.05) is 31.8 Å². The zero-order chi connectivity index (χ0) is 14.3. The molecule has 1 aromatic rings. The fourth-order valence-electron chi connectivity index (χ4n) is 1.45. The predicted molar refractivity (Wildman–Crippen MR) is 75.0 cm³/mol. The van der Waals surface area contributed by atoms with Crippen molar-refractivity contribution in [2.75, 3.05) is 13.2 Å². The lowest BCUT2D eigenvalue weighted by atomic mass is 10.1. The lowest BCUT2D eigenvalue weighted by molar-refractivity contribution is 0.350. The minimum atomic E-state index is -3.48. The first kappa shape index (κ1) is 15.7. The van der Waals surface area contributed by atoms with Crippen molar-refractivity contribution in [3.05, 3.63) is 29.8 Å². The van der Waals surface area contributed by atoms with E-state index in [1.54, 1.807) is 12.1 Å². The molecule has 0 amide bonds. The Morgan fingerprint density at radius 2 is 2.11 bits per heavy atom. The van der Waals surface area contributed by atoms with Crippen LogP contribution in [0, 0.1) is 17.8 Å². The molecule has 0 aliphatic heterocycles. The first-order valence-electron chi connectivity index (χ1n) is 6.15. The molecule has 0 bridgehead atoms. The first-order valence-corrected chi connectivity index (χ1v) is 7.63. The highest BCUT2D eigenvalue weighted by molar-refractivity contribution is 7.89. The lowest BCUT2D eigenvalue weighted by Crippen LogP contribution is -2.25. The summed E-state index contributed by atoms with van der Waals surface area (Å²) in [6.45, 7) is 4.26. The van der Waals surface area contributed by atoms with Crippen LogP contribution in [0.15, 0.2) is 29.2 Å². The van der Waals surface area contributed by atoms with Gasteiger partial charge in [0.25, 0.3) is 0 Å². The van der Waals surface area contributed by atoms with Gasteiger partial charge in [-0.2, -0.15) is 0 Å². The molecular weight excluding hydrogens is 262 g/mol. The Bertz CT molecular complexity index is 568. The van der Waals surface area contributed by atoms with Crippen LogP contribution in [-0.4, -0.2) is 26.7 Å². The van der Waals surface area contributed by atoms with Crippen LogP contribution in [0.4, 0.5) is 0 Å². The molecule has 19 heavy (non-hydrogen) atoms. The van der Waals surface area contributed by atoms with Gasteiger partial charge in [-0.15, -0.1) is 0 Å². The minimum Gasteiger partial charge on any atom is -0.384 e. The molecule has 0 radical (unpaired) electrons. The van der Waals surface area contributed by atoms with E-state index in [-0.39, 0.29) is 11.5 Å². The second kappa shape index (κ2) is 7.29. The molecule has 0 saturated carbocycles. The zero-order valence-electron chi connectivity index (χ0n) is 11.2. The quantitative estimate of drug-likeness (QED) is 0.801. The number of aliphatic hydroxyl groups is 1. The molecule has 0 aliphatic rings. The maximum atomic E-state index is 12.0. The molecule has 5 heteroatoms. The molecule has 0 aromatic heterocycles. The van der Waals surface area contributed by atoms with Crippen molar-refractivity contribution >= 4 is 10.0 Å². The van der Waals surface area contributed by atoms with Gasteiger partial charge in [-0.3, -0.25) is 0 Å².